The van der Waals surface area contributed by atoms with Crippen molar-refractivity contribution in [3.63, 3.8) is 0 Å². The Bertz CT molecular complexity index is 236. The van der Waals surface area contributed by atoms with Crippen LogP contribution in [0.5, 0.6) is 0 Å². The van der Waals surface area contributed by atoms with Gasteiger partial charge in [-0.3, -0.25) is 0 Å². The molecule has 2 fully saturated rings. The molecule has 0 aromatic heterocycles. The Kier molecular flexibility index (Phi) is 4.11. The maximum Gasteiger partial charge on any atom is 0.0603 e. The van der Waals surface area contributed by atoms with Crippen molar-refractivity contribution >= 4 is 0 Å². The number of rotatable bonds is 3. The summed E-state index contributed by atoms with van der Waals surface area (Å²) >= 11 is 0. The minimum Gasteiger partial charge on any atom is -0.390 e. The highest BCUT2D eigenvalue weighted by atomic mass is 16.3. The van der Waals surface area contributed by atoms with Crippen LogP contribution in [-0.2, 0) is 0 Å². The summed E-state index contributed by atoms with van der Waals surface area (Å²) in [6, 6.07) is 0. The van der Waals surface area contributed by atoms with E-state index >= 15 is 0 Å². The number of piperidine rings is 2. The van der Waals surface area contributed by atoms with Gasteiger partial charge in [0.1, 0.15) is 0 Å². The van der Waals surface area contributed by atoms with Crippen LogP contribution in [0, 0.1) is 5.41 Å². The van der Waals surface area contributed by atoms with E-state index in [1.54, 1.807) is 0 Å². The van der Waals surface area contributed by atoms with Crippen LogP contribution in [0.2, 0.25) is 0 Å². The highest BCUT2D eigenvalue weighted by Gasteiger charge is 2.36. The van der Waals surface area contributed by atoms with Gasteiger partial charge in [-0.05, 0) is 64.5 Å². The molecule has 2 saturated heterocycles. The second kappa shape index (κ2) is 5.25. The summed E-state index contributed by atoms with van der Waals surface area (Å²) < 4.78 is 0. The lowest BCUT2D eigenvalue weighted by Gasteiger charge is -2.45. The highest BCUT2D eigenvalue weighted by Crippen LogP contribution is 2.36. The van der Waals surface area contributed by atoms with Gasteiger partial charge in [0.25, 0.3) is 0 Å². The molecule has 2 rings (SSSR count). The van der Waals surface area contributed by atoms with E-state index in [0.717, 1.165) is 13.0 Å². The molecule has 0 aliphatic carbocycles. The van der Waals surface area contributed by atoms with Crippen molar-refractivity contribution in [3.8, 4) is 0 Å². The lowest BCUT2D eigenvalue weighted by Crippen LogP contribution is -2.51. The molecular formula is C14H28N2O. The third kappa shape index (κ3) is 3.94. The van der Waals surface area contributed by atoms with E-state index in [-0.39, 0.29) is 0 Å². The summed E-state index contributed by atoms with van der Waals surface area (Å²) in [4.78, 5) is 2.56. The second-order valence-corrected chi connectivity index (χ2v) is 6.72. The van der Waals surface area contributed by atoms with Crippen molar-refractivity contribution in [2.24, 2.45) is 5.41 Å². The van der Waals surface area contributed by atoms with Crippen molar-refractivity contribution in [1.29, 1.82) is 0 Å². The number of likely N-dealkylation sites (tertiary alicyclic amines) is 1. The first-order valence-electron chi connectivity index (χ1n) is 7.15. The van der Waals surface area contributed by atoms with E-state index in [1.807, 2.05) is 13.8 Å². The van der Waals surface area contributed by atoms with E-state index in [9.17, 15) is 5.11 Å². The third-order valence-electron chi connectivity index (χ3n) is 4.34. The Balaban J connectivity index is 1.84. The predicted molar refractivity (Wildman–Crippen MR) is 71.1 cm³/mol. The van der Waals surface area contributed by atoms with Gasteiger partial charge in [0.15, 0.2) is 0 Å². The lowest BCUT2D eigenvalue weighted by atomic mass is 9.74. The molecular weight excluding hydrogens is 212 g/mol. The topological polar surface area (TPSA) is 35.5 Å². The van der Waals surface area contributed by atoms with Crippen molar-refractivity contribution < 1.29 is 5.11 Å². The Hall–Kier alpha value is -0.120. The highest BCUT2D eigenvalue weighted by molar-refractivity contribution is 4.91. The molecule has 2 N–H and O–H groups in total. The maximum absolute atomic E-state index is 9.81. The van der Waals surface area contributed by atoms with Gasteiger partial charge in [-0.2, -0.15) is 0 Å². The summed E-state index contributed by atoms with van der Waals surface area (Å²) in [7, 11) is 0. The molecule has 17 heavy (non-hydrogen) atoms. The zero-order chi connectivity index (χ0) is 12.4. The van der Waals surface area contributed by atoms with E-state index in [4.69, 9.17) is 0 Å². The molecule has 100 valence electrons. The minimum absolute atomic E-state index is 0.518. The second-order valence-electron chi connectivity index (χ2n) is 6.72. The Morgan fingerprint density at radius 3 is 2.71 bits per heavy atom. The van der Waals surface area contributed by atoms with Crippen LogP contribution in [0.4, 0.5) is 0 Å². The summed E-state index contributed by atoms with van der Waals surface area (Å²) in [5.74, 6) is 0. The third-order valence-corrected chi connectivity index (χ3v) is 4.34. The molecule has 2 heterocycles. The van der Waals surface area contributed by atoms with E-state index < -0.39 is 5.60 Å². The lowest BCUT2D eigenvalue weighted by molar-refractivity contribution is 0.0271. The van der Waals surface area contributed by atoms with Crippen molar-refractivity contribution in [3.05, 3.63) is 0 Å². The first kappa shape index (κ1) is 13.3. The average molecular weight is 240 g/mol. The van der Waals surface area contributed by atoms with Crippen molar-refractivity contribution in [2.45, 2.75) is 51.6 Å². The number of nitrogens with one attached hydrogen (secondary N) is 1. The fourth-order valence-corrected chi connectivity index (χ4v) is 3.31. The number of hydrogen-bond acceptors (Lipinski definition) is 3. The monoisotopic (exact) mass is 240 g/mol. The van der Waals surface area contributed by atoms with Gasteiger partial charge < -0.3 is 15.3 Å². The molecule has 0 aromatic carbocycles. The van der Waals surface area contributed by atoms with Gasteiger partial charge >= 0.3 is 0 Å². The largest absolute Gasteiger partial charge is 0.390 e. The van der Waals surface area contributed by atoms with E-state index in [2.05, 4.69) is 10.2 Å². The van der Waals surface area contributed by atoms with E-state index in [1.165, 1.54) is 51.9 Å². The van der Waals surface area contributed by atoms with Crippen LogP contribution < -0.4 is 5.32 Å². The van der Waals surface area contributed by atoms with Gasteiger partial charge in [0, 0.05) is 19.6 Å². The molecule has 1 spiro atoms. The zero-order valence-electron chi connectivity index (χ0n) is 11.5. The van der Waals surface area contributed by atoms with Crippen LogP contribution >= 0.6 is 0 Å². The molecule has 1 atom stereocenters. The van der Waals surface area contributed by atoms with Crippen molar-refractivity contribution in [2.75, 3.05) is 32.7 Å². The summed E-state index contributed by atoms with van der Waals surface area (Å²) in [6.45, 7) is 9.72. The molecule has 1 unspecified atom stereocenters. The number of hydrogen-bond donors (Lipinski definition) is 2. The van der Waals surface area contributed by atoms with Gasteiger partial charge in [-0.15, -0.1) is 0 Å². The van der Waals surface area contributed by atoms with Crippen LogP contribution in [0.25, 0.3) is 0 Å². The Morgan fingerprint density at radius 1 is 1.29 bits per heavy atom. The SMILES string of the molecule is CC(C)(O)CCN1CCCC2(CCCNC2)C1. The van der Waals surface area contributed by atoms with Gasteiger partial charge in [-0.1, -0.05) is 0 Å². The van der Waals surface area contributed by atoms with Crippen LogP contribution in [0.1, 0.15) is 46.0 Å². The molecule has 2 aliphatic rings. The standard InChI is InChI=1S/C14H28N2O/c1-13(2,17)7-10-16-9-4-6-14(12-16)5-3-8-15-11-14/h15,17H,3-12H2,1-2H3. The normalized spacial score (nSPS) is 31.9. The molecule has 0 saturated carbocycles. The molecule has 0 bridgehead atoms. The number of aliphatic hydroxyl groups is 1. The van der Waals surface area contributed by atoms with E-state index in [0.29, 0.717) is 5.41 Å². The molecule has 3 nitrogen and oxygen atoms in total. The van der Waals surface area contributed by atoms with Gasteiger partial charge in [-0.25, -0.2) is 0 Å². The average Bonchev–Trinajstić information content (AvgIpc) is 2.27. The molecule has 2 aliphatic heterocycles. The fraction of sp³-hybridized carbons (Fsp3) is 1.00. The van der Waals surface area contributed by atoms with Crippen LogP contribution in [0.15, 0.2) is 0 Å². The molecule has 0 radical (unpaired) electrons. The predicted octanol–water partition coefficient (Wildman–Crippen LogP) is 1.61. The van der Waals surface area contributed by atoms with Gasteiger partial charge in [0.05, 0.1) is 5.60 Å². The first-order chi connectivity index (χ1) is 7.99. The zero-order valence-corrected chi connectivity index (χ0v) is 11.5. The fourth-order valence-electron chi connectivity index (χ4n) is 3.31. The first-order valence-corrected chi connectivity index (χ1v) is 7.15. The number of nitrogens with zero attached hydrogens (tertiary/aromatic N) is 1. The molecule has 3 heteroatoms. The summed E-state index contributed by atoms with van der Waals surface area (Å²) in [6.07, 6.45) is 6.32. The van der Waals surface area contributed by atoms with Crippen LogP contribution in [-0.4, -0.2) is 48.3 Å². The minimum atomic E-state index is -0.518. The summed E-state index contributed by atoms with van der Waals surface area (Å²) in [5, 5.41) is 13.4. The molecule has 0 aromatic rings. The smallest absolute Gasteiger partial charge is 0.0603 e. The Labute approximate surface area is 106 Å². The maximum atomic E-state index is 9.81. The summed E-state index contributed by atoms with van der Waals surface area (Å²) in [5.41, 5.74) is 0.0194. The quantitative estimate of drug-likeness (QED) is 0.787. The van der Waals surface area contributed by atoms with Crippen molar-refractivity contribution in [1.82, 2.24) is 10.2 Å². The Morgan fingerprint density at radius 2 is 2.06 bits per heavy atom. The van der Waals surface area contributed by atoms with Gasteiger partial charge in [0.2, 0.25) is 0 Å². The van der Waals surface area contributed by atoms with Crippen LogP contribution in [0.3, 0.4) is 0 Å². The molecule has 0 amide bonds.